The Morgan fingerprint density at radius 2 is 2.05 bits per heavy atom. The molecule has 0 saturated heterocycles. The standard InChI is InChI=1S/C15H16FNO3/c16-13-4-2-1-3-10(13)6-8-14(18)17-12-7-5-11(9-12)15(19)20/h1-4,6,8,11-12H,5,7,9H2,(H,17,18)(H,19,20)/b8-6+/t11-,12+/m1/s1. The first-order valence-electron chi connectivity index (χ1n) is 6.52. The molecule has 1 saturated carbocycles. The van der Waals surface area contributed by atoms with E-state index in [0.29, 0.717) is 24.8 Å². The van der Waals surface area contributed by atoms with E-state index < -0.39 is 5.97 Å². The summed E-state index contributed by atoms with van der Waals surface area (Å²) in [5.41, 5.74) is 0.345. The van der Waals surface area contributed by atoms with Crippen LogP contribution in [0.1, 0.15) is 24.8 Å². The fourth-order valence-corrected chi connectivity index (χ4v) is 2.36. The number of hydrogen-bond acceptors (Lipinski definition) is 2. The van der Waals surface area contributed by atoms with Crippen LogP contribution in [0.25, 0.3) is 6.08 Å². The van der Waals surface area contributed by atoms with E-state index in [4.69, 9.17) is 5.11 Å². The molecule has 0 bridgehead atoms. The molecule has 2 rings (SSSR count). The monoisotopic (exact) mass is 277 g/mol. The summed E-state index contributed by atoms with van der Waals surface area (Å²) in [5, 5.41) is 11.6. The highest BCUT2D eigenvalue weighted by molar-refractivity contribution is 5.92. The van der Waals surface area contributed by atoms with Crippen LogP contribution in [0.2, 0.25) is 0 Å². The molecule has 1 aliphatic rings. The molecule has 106 valence electrons. The Kier molecular flexibility index (Phi) is 4.50. The summed E-state index contributed by atoms with van der Waals surface area (Å²) in [7, 11) is 0. The lowest BCUT2D eigenvalue weighted by Crippen LogP contribution is -2.31. The molecule has 4 nitrogen and oxygen atoms in total. The highest BCUT2D eigenvalue weighted by Gasteiger charge is 2.30. The molecule has 0 aromatic heterocycles. The summed E-state index contributed by atoms with van der Waals surface area (Å²) in [6.45, 7) is 0. The van der Waals surface area contributed by atoms with Crippen LogP contribution in [-0.2, 0) is 9.59 Å². The van der Waals surface area contributed by atoms with Crippen molar-refractivity contribution >= 4 is 18.0 Å². The first kappa shape index (κ1) is 14.2. The topological polar surface area (TPSA) is 66.4 Å². The molecule has 0 aliphatic heterocycles. The van der Waals surface area contributed by atoms with Gasteiger partial charge >= 0.3 is 5.97 Å². The number of benzene rings is 1. The fourth-order valence-electron chi connectivity index (χ4n) is 2.36. The molecule has 1 fully saturated rings. The highest BCUT2D eigenvalue weighted by Crippen LogP contribution is 2.25. The minimum absolute atomic E-state index is 0.117. The van der Waals surface area contributed by atoms with Gasteiger partial charge in [0.15, 0.2) is 0 Å². The van der Waals surface area contributed by atoms with Crippen LogP contribution >= 0.6 is 0 Å². The lowest BCUT2D eigenvalue weighted by atomic mass is 10.1. The summed E-state index contributed by atoms with van der Waals surface area (Å²) in [6, 6.07) is 6.06. The predicted molar refractivity (Wildman–Crippen MR) is 72.3 cm³/mol. The van der Waals surface area contributed by atoms with Gasteiger partial charge < -0.3 is 10.4 Å². The number of carbonyl (C=O) groups excluding carboxylic acids is 1. The third kappa shape index (κ3) is 3.66. The molecule has 0 unspecified atom stereocenters. The zero-order valence-electron chi connectivity index (χ0n) is 10.9. The van der Waals surface area contributed by atoms with E-state index in [1.807, 2.05) is 0 Å². The molecule has 1 amide bonds. The molecule has 20 heavy (non-hydrogen) atoms. The number of carboxylic acids is 1. The third-order valence-corrected chi connectivity index (χ3v) is 3.45. The van der Waals surface area contributed by atoms with Crippen molar-refractivity contribution in [3.8, 4) is 0 Å². The maximum Gasteiger partial charge on any atom is 0.306 e. The number of carbonyl (C=O) groups is 2. The van der Waals surface area contributed by atoms with Crippen molar-refractivity contribution in [3.05, 3.63) is 41.7 Å². The smallest absolute Gasteiger partial charge is 0.306 e. The average Bonchev–Trinajstić information content (AvgIpc) is 2.86. The van der Waals surface area contributed by atoms with Gasteiger partial charge in [0.1, 0.15) is 5.82 Å². The zero-order valence-corrected chi connectivity index (χ0v) is 10.9. The Morgan fingerprint density at radius 3 is 2.70 bits per heavy atom. The van der Waals surface area contributed by atoms with Gasteiger partial charge in [-0.15, -0.1) is 0 Å². The molecule has 2 atom stereocenters. The first-order chi connectivity index (χ1) is 9.56. The Labute approximate surface area is 116 Å². The number of aliphatic carboxylic acids is 1. The van der Waals surface area contributed by atoms with E-state index in [0.717, 1.165) is 0 Å². The number of halogens is 1. The number of carboxylic acid groups (broad SMARTS) is 1. The molecule has 1 aliphatic carbocycles. The van der Waals surface area contributed by atoms with Crippen LogP contribution in [0.3, 0.4) is 0 Å². The predicted octanol–water partition coefficient (Wildman–Crippen LogP) is 2.21. The molecule has 0 radical (unpaired) electrons. The van der Waals surface area contributed by atoms with Crippen LogP contribution in [0.4, 0.5) is 4.39 Å². The second kappa shape index (κ2) is 6.32. The Morgan fingerprint density at radius 1 is 1.30 bits per heavy atom. The van der Waals surface area contributed by atoms with E-state index in [9.17, 15) is 14.0 Å². The zero-order chi connectivity index (χ0) is 14.5. The molecular formula is C15H16FNO3. The van der Waals surface area contributed by atoms with Crippen LogP contribution in [-0.4, -0.2) is 23.0 Å². The largest absolute Gasteiger partial charge is 0.481 e. The highest BCUT2D eigenvalue weighted by atomic mass is 19.1. The number of rotatable bonds is 4. The van der Waals surface area contributed by atoms with Gasteiger partial charge in [-0.05, 0) is 31.4 Å². The maximum absolute atomic E-state index is 13.3. The minimum atomic E-state index is -0.816. The molecule has 1 aromatic carbocycles. The third-order valence-electron chi connectivity index (χ3n) is 3.45. The average molecular weight is 277 g/mol. The second-order valence-electron chi connectivity index (χ2n) is 4.91. The van der Waals surface area contributed by atoms with Gasteiger partial charge in [0, 0.05) is 17.7 Å². The molecule has 2 N–H and O–H groups in total. The summed E-state index contributed by atoms with van der Waals surface area (Å²) in [5.74, 6) is -1.91. The molecule has 5 heteroatoms. The van der Waals surface area contributed by atoms with E-state index in [1.165, 1.54) is 18.2 Å². The van der Waals surface area contributed by atoms with E-state index in [1.54, 1.807) is 18.2 Å². The van der Waals surface area contributed by atoms with Crippen LogP contribution in [0.15, 0.2) is 30.3 Å². The molecular weight excluding hydrogens is 261 g/mol. The SMILES string of the molecule is O=C(/C=C/c1ccccc1F)N[C@H]1CC[C@@H](C(=O)O)C1. The van der Waals surface area contributed by atoms with E-state index in [2.05, 4.69) is 5.32 Å². The summed E-state index contributed by atoms with van der Waals surface area (Å²) in [6.07, 6.45) is 4.38. The van der Waals surface area contributed by atoms with Crippen molar-refractivity contribution in [2.24, 2.45) is 5.92 Å². The van der Waals surface area contributed by atoms with E-state index in [-0.39, 0.29) is 23.7 Å². The minimum Gasteiger partial charge on any atom is -0.481 e. The normalized spacial score (nSPS) is 22.1. The van der Waals surface area contributed by atoms with Crippen LogP contribution in [0, 0.1) is 11.7 Å². The van der Waals surface area contributed by atoms with E-state index >= 15 is 0 Å². The Balaban J connectivity index is 1.87. The molecule has 1 aromatic rings. The van der Waals surface area contributed by atoms with Gasteiger partial charge in [-0.25, -0.2) is 4.39 Å². The van der Waals surface area contributed by atoms with Crippen molar-refractivity contribution in [1.82, 2.24) is 5.32 Å². The van der Waals surface area contributed by atoms with Crippen molar-refractivity contribution < 1.29 is 19.1 Å². The first-order valence-corrected chi connectivity index (χ1v) is 6.52. The van der Waals surface area contributed by atoms with Gasteiger partial charge in [-0.3, -0.25) is 9.59 Å². The van der Waals surface area contributed by atoms with Crippen LogP contribution < -0.4 is 5.32 Å². The second-order valence-corrected chi connectivity index (χ2v) is 4.91. The van der Waals surface area contributed by atoms with Gasteiger partial charge in [-0.1, -0.05) is 18.2 Å². The summed E-state index contributed by atoms with van der Waals surface area (Å²) < 4.78 is 13.3. The van der Waals surface area contributed by atoms with Crippen LogP contribution in [0.5, 0.6) is 0 Å². The Hall–Kier alpha value is -2.17. The quantitative estimate of drug-likeness (QED) is 0.829. The number of nitrogens with one attached hydrogen (secondary N) is 1. The van der Waals surface area contributed by atoms with Gasteiger partial charge in [0.25, 0.3) is 0 Å². The lowest BCUT2D eigenvalue weighted by Gasteiger charge is -2.10. The Bertz CT molecular complexity index is 542. The van der Waals surface area contributed by atoms with Crippen molar-refractivity contribution in [2.75, 3.05) is 0 Å². The van der Waals surface area contributed by atoms with Gasteiger partial charge in [0.05, 0.1) is 5.92 Å². The number of hydrogen-bond donors (Lipinski definition) is 2. The maximum atomic E-state index is 13.3. The molecule has 0 heterocycles. The lowest BCUT2D eigenvalue weighted by molar-refractivity contribution is -0.141. The van der Waals surface area contributed by atoms with Crippen molar-refractivity contribution in [1.29, 1.82) is 0 Å². The molecule has 0 spiro atoms. The summed E-state index contributed by atoms with van der Waals surface area (Å²) in [4.78, 5) is 22.5. The van der Waals surface area contributed by atoms with Gasteiger partial charge in [0.2, 0.25) is 5.91 Å². The van der Waals surface area contributed by atoms with Crippen molar-refractivity contribution in [3.63, 3.8) is 0 Å². The fraction of sp³-hybridized carbons (Fsp3) is 0.333. The summed E-state index contributed by atoms with van der Waals surface area (Å²) >= 11 is 0. The van der Waals surface area contributed by atoms with Gasteiger partial charge in [-0.2, -0.15) is 0 Å². The van der Waals surface area contributed by atoms with Crippen molar-refractivity contribution in [2.45, 2.75) is 25.3 Å². The number of amides is 1.